The van der Waals surface area contributed by atoms with E-state index in [1.165, 1.54) is 16.7 Å². The van der Waals surface area contributed by atoms with Gasteiger partial charge in [-0.15, -0.1) is 11.6 Å². The zero-order valence-electron chi connectivity index (χ0n) is 16.0. The number of nitrogens with one attached hydrogen (secondary N) is 1. The Kier molecular flexibility index (Phi) is 10.4. The highest BCUT2D eigenvalue weighted by Crippen LogP contribution is 2.12. The highest BCUT2D eigenvalue weighted by molar-refractivity contribution is 6.28. The fraction of sp³-hybridized carbons (Fsp3) is 0.765. The third-order valence-electron chi connectivity index (χ3n) is 3.94. The minimum absolute atomic E-state index is 0.123. The first-order valence-corrected chi connectivity index (χ1v) is 8.87. The van der Waals surface area contributed by atoms with Gasteiger partial charge in [0, 0.05) is 34.5 Å². The molecule has 0 heterocycles. The lowest BCUT2D eigenvalue weighted by Crippen LogP contribution is -2.52. The number of nitrogens with zero attached hydrogens (tertiary/aromatic N) is 2. The predicted octanol–water partition coefficient (Wildman–Crippen LogP) is 1.04. The molecular weight excluding hydrogens is 346 g/mol. The predicted molar refractivity (Wildman–Crippen MR) is 97.3 cm³/mol. The summed E-state index contributed by atoms with van der Waals surface area (Å²) in [7, 11) is 4.81. The Hall–Kier alpha value is -1.63. The van der Waals surface area contributed by atoms with Gasteiger partial charge in [0.25, 0.3) is 0 Å². The number of alkyl halides is 1. The van der Waals surface area contributed by atoms with Crippen LogP contribution < -0.4 is 5.32 Å². The Morgan fingerprint density at radius 2 is 1.64 bits per heavy atom. The summed E-state index contributed by atoms with van der Waals surface area (Å²) >= 11 is 5.62. The molecule has 1 unspecified atom stereocenters. The first-order valence-electron chi connectivity index (χ1n) is 8.33. The van der Waals surface area contributed by atoms with Crippen LogP contribution in [0.4, 0.5) is 0 Å². The van der Waals surface area contributed by atoms with Crippen LogP contribution in [0.15, 0.2) is 0 Å². The van der Waals surface area contributed by atoms with E-state index in [0.29, 0.717) is 6.42 Å². The van der Waals surface area contributed by atoms with Crippen LogP contribution >= 0.6 is 11.6 Å². The summed E-state index contributed by atoms with van der Waals surface area (Å²) in [5.74, 6) is -1.19. The lowest BCUT2D eigenvalue weighted by Gasteiger charge is -2.29. The Morgan fingerprint density at radius 1 is 1.08 bits per heavy atom. The standard InChI is InChI=1S/C17H30ClN3O4/c1-11(2)9-14(21(6)12(3)22)17(25)19-13(15(23)10-18)7-8-16(24)20(4)5/h11,13-14H,7-10H2,1-6H3,(H,19,25)/t13?,14-/m0/s1. The molecule has 0 rings (SSSR count). The van der Waals surface area contributed by atoms with Gasteiger partial charge in [-0.2, -0.15) is 0 Å². The van der Waals surface area contributed by atoms with E-state index in [1.54, 1.807) is 21.1 Å². The van der Waals surface area contributed by atoms with Gasteiger partial charge in [-0.1, -0.05) is 13.8 Å². The molecule has 0 aromatic rings. The van der Waals surface area contributed by atoms with Gasteiger partial charge < -0.3 is 15.1 Å². The average molecular weight is 376 g/mol. The van der Waals surface area contributed by atoms with Gasteiger partial charge in [0.1, 0.15) is 6.04 Å². The summed E-state index contributed by atoms with van der Waals surface area (Å²) in [6, 6.07) is -1.52. The van der Waals surface area contributed by atoms with E-state index in [9.17, 15) is 19.2 Å². The maximum Gasteiger partial charge on any atom is 0.243 e. The van der Waals surface area contributed by atoms with Gasteiger partial charge in [0.2, 0.25) is 17.7 Å². The zero-order chi connectivity index (χ0) is 19.7. The molecule has 25 heavy (non-hydrogen) atoms. The molecule has 0 radical (unpaired) electrons. The maximum atomic E-state index is 12.6. The Balaban J connectivity index is 5.15. The number of amides is 3. The SMILES string of the molecule is CC(=O)N(C)[C@@H](CC(C)C)C(=O)NC(CCC(=O)N(C)C)C(=O)CCl. The highest BCUT2D eigenvalue weighted by Gasteiger charge is 2.29. The van der Waals surface area contributed by atoms with Crippen molar-refractivity contribution in [2.75, 3.05) is 27.0 Å². The second kappa shape index (κ2) is 11.1. The quantitative estimate of drug-likeness (QED) is 0.578. The number of carbonyl (C=O) groups is 4. The summed E-state index contributed by atoms with van der Waals surface area (Å²) in [4.78, 5) is 50.8. The molecule has 144 valence electrons. The van der Waals surface area contributed by atoms with Crippen molar-refractivity contribution in [3.05, 3.63) is 0 Å². The molecule has 1 N–H and O–H groups in total. The van der Waals surface area contributed by atoms with Crippen LogP contribution in [0.1, 0.15) is 40.0 Å². The fourth-order valence-corrected chi connectivity index (χ4v) is 2.46. The summed E-state index contributed by atoms with van der Waals surface area (Å²) < 4.78 is 0. The van der Waals surface area contributed by atoms with Crippen LogP contribution in [0.3, 0.4) is 0 Å². The molecule has 0 fully saturated rings. The molecule has 7 nitrogen and oxygen atoms in total. The number of hydrogen-bond acceptors (Lipinski definition) is 4. The molecule has 8 heteroatoms. The van der Waals surface area contributed by atoms with Crippen LogP contribution in [0, 0.1) is 5.92 Å². The van der Waals surface area contributed by atoms with E-state index >= 15 is 0 Å². The molecule has 3 amide bonds. The lowest BCUT2D eigenvalue weighted by atomic mass is 10.0. The monoisotopic (exact) mass is 375 g/mol. The van der Waals surface area contributed by atoms with Gasteiger partial charge in [-0.25, -0.2) is 0 Å². The van der Waals surface area contributed by atoms with Crippen LogP contribution in [-0.2, 0) is 19.2 Å². The lowest BCUT2D eigenvalue weighted by molar-refractivity contribution is -0.139. The molecule has 0 aromatic heterocycles. The molecule has 0 saturated heterocycles. The van der Waals surface area contributed by atoms with Gasteiger partial charge in [-0.05, 0) is 18.8 Å². The second-order valence-electron chi connectivity index (χ2n) is 6.76. The molecule has 0 bridgehead atoms. The fourth-order valence-electron chi connectivity index (χ4n) is 2.27. The second-order valence-corrected chi connectivity index (χ2v) is 7.03. The zero-order valence-corrected chi connectivity index (χ0v) is 16.7. The molecule has 2 atom stereocenters. The molecule has 0 aliphatic carbocycles. The van der Waals surface area contributed by atoms with Crippen LogP contribution in [-0.4, -0.2) is 72.4 Å². The number of ketones is 1. The van der Waals surface area contributed by atoms with E-state index in [-0.39, 0.29) is 42.2 Å². The molecule has 0 spiro atoms. The first-order chi connectivity index (χ1) is 11.5. The summed E-state index contributed by atoms with van der Waals surface area (Å²) in [6.07, 6.45) is 0.769. The smallest absolute Gasteiger partial charge is 0.243 e. The maximum absolute atomic E-state index is 12.6. The van der Waals surface area contributed by atoms with Crippen LogP contribution in [0.5, 0.6) is 0 Å². The minimum Gasteiger partial charge on any atom is -0.349 e. The van der Waals surface area contributed by atoms with Crippen molar-refractivity contribution in [3.63, 3.8) is 0 Å². The highest BCUT2D eigenvalue weighted by atomic mass is 35.5. The number of hydrogen-bond donors (Lipinski definition) is 1. The topological polar surface area (TPSA) is 86.8 Å². The number of Topliss-reactive ketones (excluding diaryl/α,β-unsaturated/α-hetero) is 1. The van der Waals surface area contributed by atoms with Crippen LogP contribution in [0.2, 0.25) is 0 Å². The van der Waals surface area contributed by atoms with Crippen LogP contribution in [0.25, 0.3) is 0 Å². The molecule has 0 aliphatic rings. The first kappa shape index (κ1) is 23.4. The third kappa shape index (κ3) is 8.34. The van der Waals surface area contributed by atoms with Crippen molar-refractivity contribution < 1.29 is 19.2 Å². The number of likely N-dealkylation sites (N-methyl/N-ethyl adjacent to an activating group) is 1. The Morgan fingerprint density at radius 3 is 2.04 bits per heavy atom. The van der Waals surface area contributed by atoms with Gasteiger partial charge in [-0.3, -0.25) is 19.2 Å². The van der Waals surface area contributed by atoms with Crippen molar-refractivity contribution in [1.29, 1.82) is 0 Å². The average Bonchev–Trinajstić information content (AvgIpc) is 2.53. The Bertz CT molecular complexity index is 494. The molecule has 0 aromatic carbocycles. The minimum atomic E-state index is -0.844. The van der Waals surface area contributed by atoms with Crippen molar-refractivity contribution in [1.82, 2.24) is 15.1 Å². The summed E-state index contributed by atoms with van der Waals surface area (Å²) in [6.45, 7) is 5.29. The van der Waals surface area contributed by atoms with Gasteiger partial charge in [0.15, 0.2) is 5.78 Å². The van der Waals surface area contributed by atoms with E-state index in [0.717, 1.165) is 0 Å². The third-order valence-corrected chi connectivity index (χ3v) is 4.21. The van der Waals surface area contributed by atoms with Crippen molar-refractivity contribution in [2.24, 2.45) is 5.92 Å². The van der Waals surface area contributed by atoms with E-state index in [2.05, 4.69) is 5.32 Å². The number of rotatable bonds is 10. The van der Waals surface area contributed by atoms with Gasteiger partial charge >= 0.3 is 0 Å². The number of halogens is 1. The van der Waals surface area contributed by atoms with Crippen molar-refractivity contribution in [2.45, 2.75) is 52.1 Å². The Labute approximate surface area is 155 Å². The summed E-state index contributed by atoms with van der Waals surface area (Å²) in [5.41, 5.74) is 0. The van der Waals surface area contributed by atoms with E-state index in [4.69, 9.17) is 11.6 Å². The number of carbonyl (C=O) groups excluding carboxylic acids is 4. The van der Waals surface area contributed by atoms with Crippen molar-refractivity contribution in [3.8, 4) is 0 Å². The summed E-state index contributed by atoms with van der Waals surface area (Å²) in [5, 5.41) is 2.67. The normalized spacial score (nSPS) is 13.1. The van der Waals surface area contributed by atoms with E-state index in [1.807, 2.05) is 13.8 Å². The molecule has 0 aliphatic heterocycles. The van der Waals surface area contributed by atoms with E-state index < -0.39 is 18.0 Å². The molecular formula is C17H30ClN3O4. The van der Waals surface area contributed by atoms with Crippen molar-refractivity contribution >= 4 is 35.1 Å². The molecule has 0 saturated carbocycles. The van der Waals surface area contributed by atoms with Gasteiger partial charge in [0.05, 0.1) is 11.9 Å². The largest absolute Gasteiger partial charge is 0.349 e.